The van der Waals surface area contributed by atoms with E-state index in [0.29, 0.717) is 10.7 Å². The van der Waals surface area contributed by atoms with Crippen molar-refractivity contribution in [1.82, 2.24) is 4.57 Å². The number of aromatic nitrogens is 1. The van der Waals surface area contributed by atoms with Crippen molar-refractivity contribution in [3.63, 3.8) is 0 Å². The molecule has 0 aliphatic rings. The van der Waals surface area contributed by atoms with Gasteiger partial charge in [-0.2, -0.15) is 0 Å². The molecular weight excluding hydrogens is 299 g/mol. The molecule has 20 heavy (non-hydrogen) atoms. The molecule has 4 nitrogen and oxygen atoms in total. The Bertz CT molecular complexity index is 683. The van der Waals surface area contributed by atoms with E-state index in [1.54, 1.807) is 19.1 Å². The Labute approximate surface area is 125 Å². The fourth-order valence-corrected chi connectivity index (χ4v) is 2.20. The van der Waals surface area contributed by atoms with Gasteiger partial charge in [0.05, 0.1) is 5.02 Å². The van der Waals surface area contributed by atoms with Crippen molar-refractivity contribution in [2.24, 2.45) is 0 Å². The molecule has 2 rings (SSSR count). The summed E-state index contributed by atoms with van der Waals surface area (Å²) in [5, 5.41) is 3.00. The molecule has 0 radical (unpaired) electrons. The number of rotatable bonds is 3. The van der Waals surface area contributed by atoms with Crippen LogP contribution >= 0.6 is 23.2 Å². The number of halogens is 2. The Kier molecular flexibility index (Phi) is 4.47. The Morgan fingerprint density at radius 3 is 2.55 bits per heavy atom. The van der Waals surface area contributed by atoms with Crippen LogP contribution in [0.15, 0.2) is 47.4 Å². The van der Waals surface area contributed by atoms with Gasteiger partial charge in [-0.3, -0.25) is 9.59 Å². The fraction of sp³-hybridized carbons (Fsp3) is 0.143. The average molecular weight is 311 g/mol. The SMILES string of the molecule is CC(C(=O)Nc1ccccc1)n1cc(Cl)cc(Cl)c1=O. The minimum absolute atomic E-state index is 0.0168. The highest BCUT2D eigenvalue weighted by molar-refractivity contribution is 6.34. The lowest BCUT2D eigenvalue weighted by Gasteiger charge is -2.15. The largest absolute Gasteiger partial charge is 0.324 e. The first-order valence-electron chi connectivity index (χ1n) is 5.92. The minimum Gasteiger partial charge on any atom is -0.324 e. The van der Waals surface area contributed by atoms with Gasteiger partial charge in [0.1, 0.15) is 11.1 Å². The summed E-state index contributed by atoms with van der Waals surface area (Å²) in [4.78, 5) is 24.0. The molecule has 1 N–H and O–H groups in total. The molecule has 1 aromatic heterocycles. The normalized spacial score (nSPS) is 11.9. The van der Waals surface area contributed by atoms with Crippen molar-refractivity contribution in [2.75, 3.05) is 5.32 Å². The predicted octanol–water partition coefficient (Wildman–Crippen LogP) is 3.35. The van der Waals surface area contributed by atoms with E-state index in [1.165, 1.54) is 16.8 Å². The van der Waals surface area contributed by atoms with Crippen LogP contribution in [-0.4, -0.2) is 10.5 Å². The van der Waals surface area contributed by atoms with E-state index in [0.717, 1.165) is 0 Å². The number of nitrogens with zero attached hydrogens (tertiary/aromatic N) is 1. The van der Waals surface area contributed by atoms with Crippen LogP contribution in [0.2, 0.25) is 10.0 Å². The van der Waals surface area contributed by atoms with E-state index in [9.17, 15) is 9.59 Å². The summed E-state index contributed by atoms with van der Waals surface area (Å²) >= 11 is 11.6. The summed E-state index contributed by atoms with van der Waals surface area (Å²) in [6, 6.07) is 9.62. The lowest BCUT2D eigenvalue weighted by atomic mass is 10.2. The average Bonchev–Trinajstić information content (AvgIpc) is 2.43. The quantitative estimate of drug-likeness (QED) is 0.945. The second-order valence-corrected chi connectivity index (χ2v) is 5.09. The van der Waals surface area contributed by atoms with Crippen molar-refractivity contribution < 1.29 is 4.79 Å². The van der Waals surface area contributed by atoms with Gasteiger partial charge in [-0.15, -0.1) is 0 Å². The maximum atomic E-state index is 12.1. The van der Waals surface area contributed by atoms with Gasteiger partial charge in [0.2, 0.25) is 5.91 Å². The number of carbonyl (C=O) groups is 1. The van der Waals surface area contributed by atoms with Crippen molar-refractivity contribution in [2.45, 2.75) is 13.0 Å². The first kappa shape index (κ1) is 14.6. The van der Waals surface area contributed by atoms with Gasteiger partial charge in [0, 0.05) is 11.9 Å². The molecule has 0 fully saturated rings. The number of hydrogen-bond acceptors (Lipinski definition) is 2. The molecule has 0 saturated heterocycles. The second kappa shape index (κ2) is 6.11. The highest BCUT2D eigenvalue weighted by Crippen LogP contribution is 2.16. The number of nitrogens with one attached hydrogen (secondary N) is 1. The molecule has 1 atom stereocenters. The molecule has 2 aromatic rings. The second-order valence-electron chi connectivity index (χ2n) is 4.25. The topological polar surface area (TPSA) is 51.1 Å². The van der Waals surface area contributed by atoms with Crippen molar-refractivity contribution in [3.05, 3.63) is 63.0 Å². The summed E-state index contributed by atoms with van der Waals surface area (Å²) in [7, 11) is 0. The number of anilines is 1. The molecule has 1 amide bonds. The summed E-state index contributed by atoms with van der Waals surface area (Å²) in [5.74, 6) is -0.323. The van der Waals surface area contributed by atoms with Crippen molar-refractivity contribution in [1.29, 1.82) is 0 Å². The summed E-state index contributed by atoms with van der Waals surface area (Å²) < 4.78 is 1.21. The van der Waals surface area contributed by atoms with Crippen LogP contribution < -0.4 is 10.9 Å². The monoisotopic (exact) mass is 310 g/mol. The zero-order chi connectivity index (χ0) is 14.7. The highest BCUT2D eigenvalue weighted by Gasteiger charge is 2.17. The first-order chi connectivity index (χ1) is 9.49. The highest BCUT2D eigenvalue weighted by atomic mass is 35.5. The van der Waals surface area contributed by atoms with Gasteiger partial charge < -0.3 is 9.88 Å². The number of hydrogen-bond donors (Lipinski definition) is 1. The van der Waals surface area contributed by atoms with Crippen LogP contribution in [0.25, 0.3) is 0 Å². The van der Waals surface area contributed by atoms with E-state index in [1.807, 2.05) is 18.2 Å². The van der Waals surface area contributed by atoms with E-state index >= 15 is 0 Å². The molecule has 0 aliphatic heterocycles. The number of carbonyl (C=O) groups excluding carboxylic acids is 1. The van der Waals surface area contributed by atoms with Crippen LogP contribution in [0.1, 0.15) is 13.0 Å². The molecule has 1 aromatic carbocycles. The van der Waals surface area contributed by atoms with Gasteiger partial charge in [-0.05, 0) is 25.1 Å². The van der Waals surface area contributed by atoms with Crippen LogP contribution in [0.5, 0.6) is 0 Å². The molecule has 0 aliphatic carbocycles. The smallest absolute Gasteiger partial charge is 0.270 e. The third-order valence-electron chi connectivity index (χ3n) is 2.80. The Morgan fingerprint density at radius 1 is 1.25 bits per heavy atom. The maximum absolute atomic E-state index is 12.1. The van der Waals surface area contributed by atoms with E-state index in [-0.39, 0.29) is 10.9 Å². The van der Waals surface area contributed by atoms with Gasteiger partial charge in [0.15, 0.2) is 0 Å². The standard InChI is InChI=1S/C14H12Cl2N2O2/c1-9(13(19)17-11-5-3-2-4-6-11)18-8-10(15)7-12(16)14(18)20/h2-9H,1H3,(H,17,19). The van der Waals surface area contributed by atoms with Crippen molar-refractivity contribution >= 4 is 34.8 Å². The van der Waals surface area contributed by atoms with Crippen LogP contribution in [0, 0.1) is 0 Å². The van der Waals surface area contributed by atoms with E-state index in [2.05, 4.69) is 5.32 Å². The molecule has 0 saturated carbocycles. The van der Waals surface area contributed by atoms with E-state index < -0.39 is 11.6 Å². The zero-order valence-corrected chi connectivity index (χ0v) is 12.2. The number of amides is 1. The predicted molar refractivity (Wildman–Crippen MR) is 80.5 cm³/mol. The molecule has 1 heterocycles. The number of para-hydroxylation sites is 1. The van der Waals surface area contributed by atoms with Crippen LogP contribution in [-0.2, 0) is 4.79 Å². The summed E-state index contributed by atoms with van der Waals surface area (Å²) in [6.07, 6.45) is 1.39. The van der Waals surface area contributed by atoms with Gasteiger partial charge >= 0.3 is 0 Å². The fourth-order valence-electron chi connectivity index (χ4n) is 1.72. The van der Waals surface area contributed by atoms with Crippen molar-refractivity contribution in [3.8, 4) is 0 Å². The molecule has 0 spiro atoms. The van der Waals surface area contributed by atoms with E-state index in [4.69, 9.17) is 23.2 Å². The van der Waals surface area contributed by atoms with Gasteiger partial charge in [0.25, 0.3) is 5.56 Å². The zero-order valence-electron chi connectivity index (χ0n) is 10.6. The number of benzene rings is 1. The van der Waals surface area contributed by atoms with Gasteiger partial charge in [-0.25, -0.2) is 0 Å². The molecule has 104 valence electrons. The Morgan fingerprint density at radius 2 is 1.90 bits per heavy atom. The molecule has 1 unspecified atom stereocenters. The summed E-state index contributed by atoms with van der Waals surface area (Å²) in [6.45, 7) is 1.60. The minimum atomic E-state index is -0.723. The molecular formula is C14H12Cl2N2O2. The Balaban J connectivity index is 2.25. The third-order valence-corrected chi connectivity index (χ3v) is 3.28. The van der Waals surface area contributed by atoms with Crippen LogP contribution in [0.4, 0.5) is 5.69 Å². The first-order valence-corrected chi connectivity index (χ1v) is 6.67. The summed E-state index contributed by atoms with van der Waals surface area (Å²) in [5.41, 5.74) is 0.206. The maximum Gasteiger partial charge on any atom is 0.270 e. The number of pyridine rings is 1. The third kappa shape index (κ3) is 3.21. The molecule has 6 heteroatoms. The van der Waals surface area contributed by atoms with Crippen LogP contribution in [0.3, 0.4) is 0 Å². The lowest BCUT2D eigenvalue weighted by molar-refractivity contribution is -0.118. The lowest BCUT2D eigenvalue weighted by Crippen LogP contribution is -2.31. The van der Waals surface area contributed by atoms with Gasteiger partial charge in [-0.1, -0.05) is 41.4 Å². The molecule has 0 bridgehead atoms. The Hall–Kier alpha value is -1.78.